The van der Waals surface area contributed by atoms with E-state index in [1.54, 1.807) is 6.92 Å². The quantitative estimate of drug-likeness (QED) is 0.714. The molecule has 32 heavy (non-hydrogen) atoms. The number of hydrogen-bond donors (Lipinski definition) is 1. The lowest BCUT2D eigenvalue weighted by atomic mass is 9.43. The first-order chi connectivity index (χ1) is 15.2. The minimum absolute atomic E-state index is 0.0421. The second-order valence-corrected chi connectivity index (χ2v) is 12.4. The number of aliphatic hydroxyl groups excluding tert-OH is 1. The molecule has 5 heteroatoms. The monoisotopic (exact) mass is 445 g/mol. The van der Waals surface area contributed by atoms with Gasteiger partial charge in [0.1, 0.15) is 11.6 Å². The minimum atomic E-state index is -0.308. The van der Waals surface area contributed by atoms with Gasteiger partial charge in [-0.05, 0) is 80.5 Å². The summed E-state index contributed by atoms with van der Waals surface area (Å²) in [6.45, 7) is 11.0. The molecule has 1 aliphatic heterocycles. The predicted octanol–water partition coefficient (Wildman–Crippen LogP) is 3.86. The predicted molar refractivity (Wildman–Crippen MR) is 123 cm³/mol. The van der Waals surface area contributed by atoms with Crippen LogP contribution in [0.1, 0.15) is 79.1 Å². The third kappa shape index (κ3) is 3.36. The van der Waals surface area contributed by atoms with Crippen molar-refractivity contribution >= 4 is 11.6 Å². The highest BCUT2D eigenvalue weighted by atomic mass is 16.5. The first kappa shape index (κ1) is 23.0. The van der Waals surface area contributed by atoms with Crippen LogP contribution in [0.15, 0.2) is 0 Å². The Morgan fingerprint density at radius 2 is 1.97 bits per heavy atom. The summed E-state index contributed by atoms with van der Waals surface area (Å²) in [5.74, 6) is 2.19. The Kier molecular flexibility index (Phi) is 5.86. The van der Waals surface area contributed by atoms with Crippen molar-refractivity contribution in [2.75, 3.05) is 19.7 Å². The van der Waals surface area contributed by atoms with E-state index >= 15 is 0 Å². The van der Waals surface area contributed by atoms with E-state index in [1.165, 1.54) is 0 Å². The molecule has 5 nitrogen and oxygen atoms in total. The number of ketones is 2. The number of fused-ring (bicyclic) bond motifs is 5. The fourth-order valence-electron chi connectivity index (χ4n) is 9.43. The molecule has 1 saturated heterocycles. The lowest BCUT2D eigenvalue weighted by Crippen LogP contribution is -2.63. The normalized spacial score (nSPS) is 51.6. The van der Waals surface area contributed by atoms with Gasteiger partial charge >= 0.3 is 0 Å². The van der Waals surface area contributed by atoms with E-state index in [4.69, 9.17) is 4.74 Å². The summed E-state index contributed by atoms with van der Waals surface area (Å²) in [7, 11) is 0. The minimum Gasteiger partial charge on any atom is -0.391 e. The van der Waals surface area contributed by atoms with Gasteiger partial charge in [0.05, 0.1) is 18.8 Å². The molecule has 1 N–H and O–H groups in total. The van der Waals surface area contributed by atoms with Crippen molar-refractivity contribution in [3.63, 3.8) is 0 Å². The Hall–Kier alpha value is -0.780. The largest absolute Gasteiger partial charge is 0.391 e. The van der Waals surface area contributed by atoms with Gasteiger partial charge in [-0.3, -0.25) is 14.5 Å². The molecule has 0 unspecified atom stereocenters. The Labute approximate surface area is 193 Å². The molecule has 180 valence electrons. The summed E-state index contributed by atoms with van der Waals surface area (Å²) in [4.78, 5) is 28.7. The summed E-state index contributed by atoms with van der Waals surface area (Å²) in [6, 6.07) is 0.127. The third-order valence-corrected chi connectivity index (χ3v) is 11.0. The second-order valence-electron chi connectivity index (χ2n) is 12.4. The molecule has 0 aromatic carbocycles. The van der Waals surface area contributed by atoms with Crippen molar-refractivity contribution in [2.45, 2.75) is 97.3 Å². The zero-order chi connectivity index (χ0) is 22.8. The number of carbonyl (C=O) groups is 2. The molecule has 0 aromatic heterocycles. The molecule has 4 aliphatic carbocycles. The Balaban J connectivity index is 1.42. The number of hydrogen-bond acceptors (Lipinski definition) is 5. The van der Waals surface area contributed by atoms with Crippen LogP contribution in [-0.4, -0.2) is 59.5 Å². The Morgan fingerprint density at radius 1 is 1.19 bits per heavy atom. The van der Waals surface area contributed by atoms with E-state index in [0.29, 0.717) is 30.0 Å². The van der Waals surface area contributed by atoms with Crippen molar-refractivity contribution in [1.29, 1.82) is 0 Å². The van der Waals surface area contributed by atoms with Gasteiger partial charge in [-0.2, -0.15) is 0 Å². The summed E-state index contributed by atoms with van der Waals surface area (Å²) in [5.41, 5.74) is -0.182. The van der Waals surface area contributed by atoms with Gasteiger partial charge in [-0.25, -0.2) is 0 Å². The molecule has 5 fully saturated rings. The summed E-state index contributed by atoms with van der Waals surface area (Å²) in [5, 5.41) is 11.2. The van der Waals surface area contributed by atoms with Crippen LogP contribution >= 0.6 is 0 Å². The van der Waals surface area contributed by atoms with Crippen LogP contribution in [0.25, 0.3) is 0 Å². The number of ether oxygens (including phenoxy) is 1. The summed E-state index contributed by atoms with van der Waals surface area (Å²) in [6.07, 6.45) is 7.53. The number of nitrogens with zero attached hydrogens (tertiary/aromatic N) is 1. The number of morpholine rings is 1. The van der Waals surface area contributed by atoms with E-state index < -0.39 is 0 Å². The molecular formula is C27H43NO4. The van der Waals surface area contributed by atoms with Gasteiger partial charge < -0.3 is 9.84 Å². The summed E-state index contributed by atoms with van der Waals surface area (Å²) >= 11 is 0. The molecule has 4 saturated carbocycles. The SMILES string of the molecule is CC[C@@H]1CN([C@H]2C[C@@]3(C)[C@@H](CC[C@H]4[C@@H]5CC[C@H](C(C)=O)[C@@]5(C)CC(=O)[C@@H]43)C[C@@H]2O)CCO1. The molecule has 0 bridgehead atoms. The average Bonchev–Trinajstić information content (AvgIpc) is 3.10. The highest BCUT2D eigenvalue weighted by molar-refractivity contribution is 5.87. The fourth-order valence-corrected chi connectivity index (χ4v) is 9.43. The van der Waals surface area contributed by atoms with Crippen molar-refractivity contribution < 1.29 is 19.4 Å². The van der Waals surface area contributed by atoms with Crippen LogP contribution in [0, 0.1) is 40.4 Å². The second kappa shape index (κ2) is 8.16. The molecule has 0 spiro atoms. The van der Waals surface area contributed by atoms with Crippen LogP contribution in [0.5, 0.6) is 0 Å². The van der Waals surface area contributed by atoms with Crippen LogP contribution in [0.2, 0.25) is 0 Å². The smallest absolute Gasteiger partial charge is 0.137 e. The first-order valence-corrected chi connectivity index (χ1v) is 13.3. The van der Waals surface area contributed by atoms with Crippen molar-refractivity contribution in [2.24, 2.45) is 40.4 Å². The van der Waals surface area contributed by atoms with E-state index in [-0.39, 0.29) is 46.7 Å². The zero-order valence-corrected chi connectivity index (χ0v) is 20.5. The number of aliphatic hydroxyl groups is 1. The number of Topliss-reactive ketones (excluding diaryl/α,β-unsaturated/α-hetero) is 2. The molecule has 5 rings (SSSR count). The molecule has 5 aliphatic rings. The molecular weight excluding hydrogens is 402 g/mol. The van der Waals surface area contributed by atoms with Crippen molar-refractivity contribution in [3.05, 3.63) is 0 Å². The zero-order valence-electron chi connectivity index (χ0n) is 20.5. The van der Waals surface area contributed by atoms with E-state index in [2.05, 4.69) is 25.7 Å². The number of carbonyl (C=O) groups excluding carboxylic acids is 2. The van der Waals surface area contributed by atoms with Gasteiger partial charge in [0.25, 0.3) is 0 Å². The lowest BCUT2D eigenvalue weighted by Gasteiger charge is -2.61. The lowest BCUT2D eigenvalue weighted by molar-refractivity contribution is -0.173. The molecule has 0 radical (unpaired) electrons. The van der Waals surface area contributed by atoms with Crippen LogP contribution < -0.4 is 0 Å². The first-order valence-electron chi connectivity index (χ1n) is 13.3. The summed E-state index contributed by atoms with van der Waals surface area (Å²) < 4.78 is 5.90. The number of rotatable bonds is 3. The van der Waals surface area contributed by atoms with Gasteiger partial charge in [0.15, 0.2) is 0 Å². The highest BCUT2D eigenvalue weighted by Crippen LogP contribution is 2.66. The fraction of sp³-hybridized carbons (Fsp3) is 0.926. The molecule has 0 amide bonds. The van der Waals surface area contributed by atoms with E-state index in [1.807, 2.05) is 0 Å². The molecule has 1 heterocycles. The maximum absolute atomic E-state index is 13.9. The van der Waals surface area contributed by atoms with E-state index in [9.17, 15) is 14.7 Å². The highest BCUT2D eigenvalue weighted by Gasteiger charge is 2.64. The van der Waals surface area contributed by atoms with Crippen molar-refractivity contribution in [1.82, 2.24) is 4.90 Å². The van der Waals surface area contributed by atoms with Crippen molar-refractivity contribution in [3.8, 4) is 0 Å². The topological polar surface area (TPSA) is 66.8 Å². The Morgan fingerprint density at radius 3 is 2.69 bits per heavy atom. The van der Waals surface area contributed by atoms with Gasteiger partial charge in [0, 0.05) is 37.4 Å². The van der Waals surface area contributed by atoms with Gasteiger partial charge in [-0.1, -0.05) is 20.8 Å². The third-order valence-electron chi connectivity index (χ3n) is 11.0. The molecule has 0 aromatic rings. The molecule has 10 atom stereocenters. The van der Waals surface area contributed by atoms with E-state index in [0.717, 1.165) is 64.6 Å². The van der Waals surface area contributed by atoms with Crippen LogP contribution in [0.4, 0.5) is 0 Å². The van der Waals surface area contributed by atoms with Gasteiger partial charge in [-0.15, -0.1) is 0 Å². The van der Waals surface area contributed by atoms with Crippen LogP contribution in [0.3, 0.4) is 0 Å². The van der Waals surface area contributed by atoms with Crippen LogP contribution in [-0.2, 0) is 14.3 Å². The maximum atomic E-state index is 13.9. The standard InChI is InChI=1S/C27H43NO4/c1-5-18-15-28(10-11-32-18)22-13-26(3)17(12-23(22)30)6-7-19-21-9-8-20(16(2)29)27(21,4)14-24(31)25(19)26/h17-23,25,30H,5-15H2,1-4H3/t17-,18+,19-,20+,21-,22-,23-,25+,26-,27+/m0/s1. The maximum Gasteiger partial charge on any atom is 0.137 e. The average molecular weight is 446 g/mol. The van der Waals surface area contributed by atoms with Gasteiger partial charge in [0.2, 0.25) is 0 Å². The Bertz CT molecular complexity index is 769.